The molecule has 0 saturated carbocycles. The molecule has 6 nitrogen and oxygen atoms in total. The minimum atomic E-state index is -4.41. The molecule has 1 heterocycles. The van der Waals surface area contributed by atoms with E-state index in [-0.39, 0.29) is 0 Å². The molecule has 232 valence electrons. The van der Waals surface area contributed by atoms with Crippen molar-refractivity contribution >= 4 is 19.2 Å². The molecule has 1 atom stereocenters. The van der Waals surface area contributed by atoms with Crippen molar-refractivity contribution in [1.29, 1.82) is 0 Å². The van der Waals surface area contributed by atoms with Crippen LogP contribution in [-0.2, 0) is 11.1 Å². The molecular formula is C34H51NO5PS+. The van der Waals surface area contributed by atoms with Crippen LogP contribution >= 0.6 is 19.2 Å². The number of benzene rings is 2. The summed E-state index contributed by atoms with van der Waals surface area (Å²) in [5, 5.41) is 0. The van der Waals surface area contributed by atoms with Gasteiger partial charge in [0.15, 0.2) is 12.7 Å². The molecule has 0 saturated heterocycles. The number of phosphoric ester groups is 1. The lowest BCUT2D eigenvalue weighted by Crippen LogP contribution is -2.30. The summed E-state index contributed by atoms with van der Waals surface area (Å²) in [6.07, 6.45) is 17.8. The number of nitrogens with zero attached hydrogens (tertiary/aromatic N) is 1. The molecule has 0 radical (unpaired) electrons. The minimum absolute atomic E-state index is 0.291. The van der Waals surface area contributed by atoms with Gasteiger partial charge in [-0.1, -0.05) is 101 Å². The van der Waals surface area contributed by atoms with Crippen LogP contribution < -0.4 is 18.4 Å². The predicted octanol–water partition coefficient (Wildman–Crippen LogP) is 9.96. The molecule has 0 fully saturated rings. The summed E-state index contributed by atoms with van der Waals surface area (Å²) in [4.78, 5) is 11.8. The molecule has 8 heteroatoms. The number of ether oxygens (including phenoxy) is 1. The number of phosphoric acid groups is 1. The van der Waals surface area contributed by atoms with Gasteiger partial charge in [0.2, 0.25) is 5.51 Å². The van der Waals surface area contributed by atoms with E-state index >= 15 is 0 Å². The Morgan fingerprint density at radius 1 is 0.833 bits per heavy atom. The first-order valence-corrected chi connectivity index (χ1v) is 18.0. The predicted molar refractivity (Wildman–Crippen MR) is 173 cm³/mol. The van der Waals surface area contributed by atoms with Gasteiger partial charge in [0.1, 0.15) is 17.2 Å². The van der Waals surface area contributed by atoms with E-state index < -0.39 is 7.82 Å². The van der Waals surface area contributed by atoms with Crippen LogP contribution in [0.25, 0.3) is 0 Å². The molecule has 42 heavy (non-hydrogen) atoms. The van der Waals surface area contributed by atoms with Gasteiger partial charge in [-0.2, -0.15) is 4.57 Å². The molecule has 2 aromatic carbocycles. The summed E-state index contributed by atoms with van der Waals surface area (Å²) < 4.78 is 32.2. The van der Waals surface area contributed by atoms with Gasteiger partial charge in [-0.15, -0.1) is 0 Å². The maximum absolute atomic E-state index is 13.0. The second kappa shape index (κ2) is 17.7. The third kappa shape index (κ3) is 11.7. The monoisotopic (exact) mass is 616 g/mol. The second-order valence-corrected chi connectivity index (χ2v) is 13.8. The molecule has 0 aliphatic rings. The van der Waals surface area contributed by atoms with E-state index in [1.807, 2.05) is 38.4 Å². The van der Waals surface area contributed by atoms with E-state index in [0.29, 0.717) is 24.7 Å². The Morgan fingerprint density at radius 2 is 1.48 bits per heavy atom. The fourth-order valence-corrected chi connectivity index (χ4v) is 6.66. The average molecular weight is 617 g/mol. The molecule has 1 unspecified atom stereocenters. The van der Waals surface area contributed by atoms with Gasteiger partial charge in [-0.05, 0) is 69.0 Å². The summed E-state index contributed by atoms with van der Waals surface area (Å²) >= 11 is 1.67. The van der Waals surface area contributed by atoms with Gasteiger partial charge in [0.25, 0.3) is 0 Å². The van der Waals surface area contributed by atoms with Gasteiger partial charge in [-0.25, -0.2) is 4.57 Å². The Labute approximate surface area is 257 Å². The van der Waals surface area contributed by atoms with Crippen LogP contribution in [0.3, 0.4) is 0 Å². The van der Waals surface area contributed by atoms with Crippen molar-refractivity contribution in [2.45, 2.75) is 118 Å². The summed E-state index contributed by atoms with van der Waals surface area (Å²) in [6.45, 7) is 11.4. The fraction of sp³-hybridized carbons (Fsp3) is 0.559. The molecule has 0 aliphatic carbocycles. The first-order valence-electron chi connectivity index (χ1n) is 15.7. The topological polar surface area (TPSA) is 68.9 Å². The number of aryl methyl sites for hydroxylation is 2. The van der Waals surface area contributed by atoms with Crippen LogP contribution in [0.2, 0.25) is 0 Å². The molecule has 3 aromatic rings. The normalized spacial score (nSPS) is 12.7. The summed E-state index contributed by atoms with van der Waals surface area (Å²) in [5.41, 5.74) is 5.56. The molecule has 3 rings (SSSR count). The van der Waals surface area contributed by atoms with Crippen molar-refractivity contribution in [2.75, 3.05) is 6.61 Å². The first-order chi connectivity index (χ1) is 20.2. The van der Waals surface area contributed by atoms with Crippen LogP contribution in [-0.4, -0.2) is 11.5 Å². The zero-order chi connectivity index (χ0) is 30.4. The number of thiazole rings is 1. The quantitative estimate of drug-likeness (QED) is 0.0777. The van der Waals surface area contributed by atoms with Crippen molar-refractivity contribution in [1.82, 2.24) is 0 Å². The van der Waals surface area contributed by atoms with Gasteiger partial charge in [0, 0.05) is 5.56 Å². The molecular weight excluding hydrogens is 565 g/mol. The minimum Gasteiger partial charge on any atom is -0.493 e. The Hall–Kier alpha value is -2.34. The summed E-state index contributed by atoms with van der Waals surface area (Å²) in [5.74, 6) is 1.44. The zero-order valence-electron chi connectivity index (χ0n) is 26.3. The number of hydrogen-bond donors (Lipinski definition) is 1. The molecule has 1 aromatic heterocycles. The van der Waals surface area contributed by atoms with Crippen LogP contribution in [0.4, 0.5) is 0 Å². The number of rotatable bonds is 20. The third-order valence-corrected chi connectivity index (χ3v) is 9.36. The highest BCUT2D eigenvalue weighted by Crippen LogP contribution is 2.47. The first kappa shape index (κ1) is 34.2. The number of hydrogen-bond acceptors (Lipinski definition) is 5. The lowest BCUT2D eigenvalue weighted by Gasteiger charge is -2.20. The van der Waals surface area contributed by atoms with Gasteiger partial charge in [0.05, 0.1) is 11.5 Å². The van der Waals surface area contributed by atoms with Crippen molar-refractivity contribution in [3.63, 3.8) is 0 Å². The van der Waals surface area contributed by atoms with Crippen LogP contribution in [0.1, 0.15) is 111 Å². The highest BCUT2D eigenvalue weighted by molar-refractivity contribution is 7.48. The van der Waals surface area contributed by atoms with Gasteiger partial charge >= 0.3 is 7.82 Å². The van der Waals surface area contributed by atoms with E-state index in [0.717, 1.165) is 34.4 Å². The lowest BCUT2D eigenvalue weighted by atomic mass is 10.0. The SMILES string of the molecule is CCCCCCCCCCCCCCOc1c(C)cc(OP(=O)(O)Oc2cccc(C[n+]3csc(C)c3)c2)c(C)c1C. The van der Waals surface area contributed by atoms with Crippen molar-refractivity contribution in [3.8, 4) is 17.2 Å². The summed E-state index contributed by atoms with van der Waals surface area (Å²) in [6, 6.07) is 8.96. The van der Waals surface area contributed by atoms with Crippen molar-refractivity contribution in [3.05, 3.63) is 69.2 Å². The van der Waals surface area contributed by atoms with E-state index in [2.05, 4.69) is 24.6 Å². The lowest BCUT2D eigenvalue weighted by molar-refractivity contribution is -0.683. The van der Waals surface area contributed by atoms with Crippen LogP contribution in [0, 0.1) is 27.7 Å². The van der Waals surface area contributed by atoms with Crippen molar-refractivity contribution < 1.29 is 27.8 Å². The highest BCUT2D eigenvalue weighted by Gasteiger charge is 2.27. The Balaban J connectivity index is 1.44. The van der Waals surface area contributed by atoms with E-state index in [4.69, 9.17) is 13.8 Å². The van der Waals surface area contributed by atoms with E-state index in [1.165, 1.54) is 75.5 Å². The maximum atomic E-state index is 13.0. The standard InChI is InChI=1S/C34H50NO5PS/c1-6-7-8-9-10-11-12-13-14-15-16-17-21-38-34-27(2)22-33(29(4)30(34)5)40-41(36,37)39-32-20-18-19-31(23-32)25-35-24-28(3)42-26-35/h18-20,22-24,26H,6-17,21,25H2,1-5H3/p+1. The van der Waals surface area contributed by atoms with Gasteiger partial charge in [-0.3, -0.25) is 4.89 Å². The smallest absolute Gasteiger partial charge is 0.493 e. The molecule has 0 amide bonds. The Bertz CT molecular complexity index is 1290. The van der Waals surface area contributed by atoms with Crippen molar-refractivity contribution in [2.24, 2.45) is 0 Å². The second-order valence-electron chi connectivity index (χ2n) is 11.4. The molecule has 0 aliphatic heterocycles. The molecule has 1 N–H and O–H groups in total. The maximum Gasteiger partial charge on any atom is 0.584 e. The highest BCUT2D eigenvalue weighted by atomic mass is 32.1. The zero-order valence-corrected chi connectivity index (χ0v) is 28.0. The number of unbranched alkanes of at least 4 members (excludes halogenated alkanes) is 11. The Kier molecular flexibility index (Phi) is 14.4. The largest absolute Gasteiger partial charge is 0.584 e. The third-order valence-electron chi connectivity index (χ3n) is 7.64. The van der Waals surface area contributed by atoms with E-state index in [1.54, 1.807) is 29.5 Å². The van der Waals surface area contributed by atoms with Gasteiger partial charge < -0.3 is 13.8 Å². The van der Waals surface area contributed by atoms with Crippen LogP contribution in [0.5, 0.6) is 17.2 Å². The molecule has 0 bridgehead atoms. The Morgan fingerprint density at radius 3 is 2.10 bits per heavy atom. The fourth-order valence-electron chi connectivity index (χ4n) is 5.17. The average Bonchev–Trinajstić information content (AvgIpc) is 3.35. The van der Waals surface area contributed by atoms with E-state index in [9.17, 15) is 9.46 Å². The number of aromatic nitrogens is 1. The molecule has 0 spiro atoms. The summed E-state index contributed by atoms with van der Waals surface area (Å²) in [7, 11) is -4.41. The van der Waals surface area contributed by atoms with Crippen LogP contribution in [0.15, 0.2) is 42.0 Å².